The van der Waals surface area contributed by atoms with E-state index in [-0.39, 0.29) is 0 Å². The standard InChI is InChI=1S/C15H23N3/c1-15(2,3)9-8-13(16-4)12-11-17-18-10-6-5-7-14(12)18/h5-7,10-11,13,16H,8-9H2,1-4H3. The van der Waals surface area contributed by atoms with E-state index in [0.717, 1.165) is 6.42 Å². The van der Waals surface area contributed by atoms with Gasteiger partial charge < -0.3 is 5.32 Å². The number of hydrogen-bond donors (Lipinski definition) is 1. The van der Waals surface area contributed by atoms with Crippen LogP contribution >= 0.6 is 0 Å². The number of nitrogens with zero attached hydrogens (tertiary/aromatic N) is 2. The summed E-state index contributed by atoms with van der Waals surface area (Å²) in [5, 5.41) is 7.82. The SMILES string of the molecule is CNC(CCC(C)(C)C)c1cnn2ccccc12. The molecule has 0 saturated heterocycles. The van der Waals surface area contributed by atoms with E-state index < -0.39 is 0 Å². The molecule has 1 unspecified atom stereocenters. The molecule has 0 aliphatic heterocycles. The number of hydrogen-bond acceptors (Lipinski definition) is 2. The second-order valence-electron chi connectivity index (χ2n) is 6.07. The van der Waals surface area contributed by atoms with Gasteiger partial charge in [-0.3, -0.25) is 0 Å². The van der Waals surface area contributed by atoms with Gasteiger partial charge in [-0.1, -0.05) is 26.8 Å². The molecule has 0 aliphatic rings. The summed E-state index contributed by atoms with van der Waals surface area (Å²) in [5.74, 6) is 0. The third-order valence-corrected chi connectivity index (χ3v) is 3.36. The number of fused-ring (bicyclic) bond motifs is 1. The van der Waals surface area contributed by atoms with Gasteiger partial charge in [0, 0.05) is 17.8 Å². The van der Waals surface area contributed by atoms with Crippen LogP contribution in [0.25, 0.3) is 5.52 Å². The summed E-state index contributed by atoms with van der Waals surface area (Å²) < 4.78 is 1.94. The van der Waals surface area contributed by atoms with Crippen molar-refractivity contribution in [2.45, 2.75) is 39.7 Å². The van der Waals surface area contributed by atoms with E-state index >= 15 is 0 Å². The lowest BCUT2D eigenvalue weighted by Crippen LogP contribution is -2.18. The molecule has 2 aromatic heterocycles. The van der Waals surface area contributed by atoms with Crippen molar-refractivity contribution >= 4 is 5.52 Å². The summed E-state index contributed by atoms with van der Waals surface area (Å²) in [4.78, 5) is 0. The lowest BCUT2D eigenvalue weighted by atomic mass is 9.87. The van der Waals surface area contributed by atoms with Crippen LogP contribution in [0.1, 0.15) is 45.2 Å². The quantitative estimate of drug-likeness (QED) is 0.894. The van der Waals surface area contributed by atoms with Crippen LogP contribution in [0.5, 0.6) is 0 Å². The molecule has 1 N–H and O–H groups in total. The summed E-state index contributed by atoms with van der Waals surface area (Å²) in [6.07, 6.45) is 6.31. The highest BCUT2D eigenvalue weighted by Crippen LogP contribution is 2.28. The molecule has 2 aromatic rings. The average Bonchev–Trinajstić information content (AvgIpc) is 2.73. The molecule has 0 saturated carbocycles. The Balaban J connectivity index is 2.22. The fourth-order valence-corrected chi connectivity index (χ4v) is 2.26. The lowest BCUT2D eigenvalue weighted by Gasteiger charge is -2.22. The zero-order valence-corrected chi connectivity index (χ0v) is 11.8. The van der Waals surface area contributed by atoms with Crippen molar-refractivity contribution in [1.29, 1.82) is 0 Å². The van der Waals surface area contributed by atoms with E-state index in [9.17, 15) is 0 Å². The number of pyridine rings is 1. The van der Waals surface area contributed by atoms with Gasteiger partial charge in [-0.05, 0) is 37.4 Å². The van der Waals surface area contributed by atoms with Crippen LogP contribution < -0.4 is 5.32 Å². The third-order valence-electron chi connectivity index (χ3n) is 3.36. The summed E-state index contributed by atoms with van der Waals surface area (Å²) in [7, 11) is 2.03. The largest absolute Gasteiger partial charge is 0.313 e. The molecule has 3 heteroatoms. The Morgan fingerprint density at radius 3 is 2.78 bits per heavy atom. The molecule has 0 bridgehead atoms. The Bertz CT molecular complexity index is 508. The van der Waals surface area contributed by atoms with E-state index in [1.165, 1.54) is 17.5 Å². The Morgan fingerprint density at radius 2 is 2.11 bits per heavy atom. The van der Waals surface area contributed by atoms with Gasteiger partial charge >= 0.3 is 0 Å². The van der Waals surface area contributed by atoms with Crippen LogP contribution in [0.4, 0.5) is 0 Å². The van der Waals surface area contributed by atoms with E-state index in [4.69, 9.17) is 0 Å². The maximum absolute atomic E-state index is 4.41. The fraction of sp³-hybridized carbons (Fsp3) is 0.533. The van der Waals surface area contributed by atoms with E-state index in [2.05, 4.69) is 43.3 Å². The molecule has 18 heavy (non-hydrogen) atoms. The maximum atomic E-state index is 4.41. The predicted molar refractivity (Wildman–Crippen MR) is 75.7 cm³/mol. The lowest BCUT2D eigenvalue weighted by molar-refractivity contribution is 0.338. The molecule has 0 aromatic carbocycles. The summed E-state index contributed by atoms with van der Waals surface area (Å²) in [6, 6.07) is 6.58. The topological polar surface area (TPSA) is 29.3 Å². The van der Waals surface area contributed by atoms with Gasteiger partial charge in [-0.2, -0.15) is 5.10 Å². The van der Waals surface area contributed by atoms with Gasteiger partial charge in [0.15, 0.2) is 0 Å². The van der Waals surface area contributed by atoms with Crippen LogP contribution in [0.3, 0.4) is 0 Å². The minimum atomic E-state index is 0.373. The van der Waals surface area contributed by atoms with Crippen molar-refractivity contribution in [1.82, 2.24) is 14.9 Å². The minimum Gasteiger partial charge on any atom is -0.313 e. The second-order valence-corrected chi connectivity index (χ2v) is 6.07. The van der Waals surface area contributed by atoms with Crippen molar-refractivity contribution < 1.29 is 0 Å². The minimum absolute atomic E-state index is 0.373. The zero-order valence-electron chi connectivity index (χ0n) is 11.8. The van der Waals surface area contributed by atoms with Crippen molar-refractivity contribution in [3.8, 4) is 0 Å². The number of aromatic nitrogens is 2. The highest BCUT2D eigenvalue weighted by atomic mass is 15.2. The molecule has 1 atom stereocenters. The van der Waals surface area contributed by atoms with Crippen LogP contribution in [0.15, 0.2) is 30.6 Å². The Kier molecular flexibility index (Phi) is 3.71. The van der Waals surface area contributed by atoms with Crippen LogP contribution in [-0.4, -0.2) is 16.7 Å². The molecule has 0 aliphatic carbocycles. The average molecular weight is 245 g/mol. The number of rotatable bonds is 4. The Morgan fingerprint density at radius 1 is 1.33 bits per heavy atom. The van der Waals surface area contributed by atoms with Crippen molar-refractivity contribution in [3.05, 3.63) is 36.2 Å². The zero-order chi connectivity index (χ0) is 13.2. The van der Waals surface area contributed by atoms with E-state index in [1.54, 1.807) is 0 Å². The molecular weight excluding hydrogens is 222 g/mol. The van der Waals surface area contributed by atoms with Gasteiger partial charge in [-0.25, -0.2) is 4.52 Å². The van der Waals surface area contributed by atoms with E-state index in [1.807, 2.05) is 30.0 Å². The van der Waals surface area contributed by atoms with Crippen LogP contribution in [0, 0.1) is 5.41 Å². The molecule has 2 rings (SSSR count). The third kappa shape index (κ3) is 2.91. The molecule has 0 fully saturated rings. The molecular formula is C15H23N3. The van der Waals surface area contributed by atoms with E-state index in [0.29, 0.717) is 11.5 Å². The monoisotopic (exact) mass is 245 g/mol. The highest BCUT2D eigenvalue weighted by molar-refractivity contribution is 5.54. The molecule has 98 valence electrons. The second kappa shape index (κ2) is 5.11. The fourth-order valence-electron chi connectivity index (χ4n) is 2.26. The van der Waals surface area contributed by atoms with Gasteiger partial charge in [0.2, 0.25) is 0 Å². The summed E-state index contributed by atoms with van der Waals surface area (Å²) >= 11 is 0. The molecule has 0 radical (unpaired) electrons. The van der Waals surface area contributed by atoms with Crippen molar-refractivity contribution in [2.24, 2.45) is 5.41 Å². The Hall–Kier alpha value is -1.35. The van der Waals surface area contributed by atoms with Crippen LogP contribution in [-0.2, 0) is 0 Å². The maximum Gasteiger partial charge on any atom is 0.0709 e. The summed E-state index contributed by atoms with van der Waals surface area (Å²) in [6.45, 7) is 6.86. The molecule has 3 nitrogen and oxygen atoms in total. The molecule has 2 heterocycles. The predicted octanol–water partition coefficient (Wildman–Crippen LogP) is 3.42. The van der Waals surface area contributed by atoms with Gasteiger partial charge in [0.1, 0.15) is 0 Å². The highest BCUT2D eigenvalue weighted by Gasteiger charge is 2.18. The first-order valence-electron chi connectivity index (χ1n) is 6.61. The number of nitrogens with one attached hydrogen (secondary N) is 1. The van der Waals surface area contributed by atoms with Crippen molar-refractivity contribution in [2.75, 3.05) is 7.05 Å². The van der Waals surface area contributed by atoms with Crippen LogP contribution in [0.2, 0.25) is 0 Å². The molecule has 0 amide bonds. The normalized spacial score (nSPS) is 14.0. The smallest absolute Gasteiger partial charge is 0.0709 e. The first-order chi connectivity index (χ1) is 8.51. The van der Waals surface area contributed by atoms with Gasteiger partial charge in [-0.15, -0.1) is 0 Å². The van der Waals surface area contributed by atoms with Crippen molar-refractivity contribution in [3.63, 3.8) is 0 Å². The molecule has 0 spiro atoms. The van der Waals surface area contributed by atoms with Gasteiger partial charge in [0.05, 0.1) is 11.7 Å². The first kappa shape index (κ1) is 13.1. The first-order valence-corrected chi connectivity index (χ1v) is 6.61. The van der Waals surface area contributed by atoms with Gasteiger partial charge in [0.25, 0.3) is 0 Å². The summed E-state index contributed by atoms with van der Waals surface area (Å²) in [5.41, 5.74) is 2.87. The Labute approximate surface area is 109 Å².